The fraction of sp³-hybridized carbons (Fsp3) is 0.250. The van der Waals surface area contributed by atoms with Crippen LogP contribution in [-0.4, -0.2) is 20.7 Å². The first-order valence-corrected chi connectivity index (χ1v) is 5.67. The van der Waals surface area contributed by atoms with Gasteiger partial charge in [0.1, 0.15) is 11.5 Å². The fourth-order valence-corrected chi connectivity index (χ4v) is 1.67. The minimum atomic E-state index is -0.298. The molecule has 0 saturated carbocycles. The molecule has 3 N–H and O–H groups in total. The third kappa shape index (κ3) is 2.17. The van der Waals surface area contributed by atoms with Crippen molar-refractivity contribution in [1.29, 1.82) is 0 Å². The van der Waals surface area contributed by atoms with Crippen molar-refractivity contribution in [2.45, 2.75) is 20.4 Å². The quantitative estimate of drug-likeness (QED) is 0.856. The van der Waals surface area contributed by atoms with Crippen LogP contribution >= 0.6 is 0 Å². The second kappa shape index (κ2) is 4.87. The van der Waals surface area contributed by atoms with Gasteiger partial charge >= 0.3 is 0 Å². The van der Waals surface area contributed by atoms with Crippen molar-refractivity contribution in [2.24, 2.45) is 0 Å². The van der Waals surface area contributed by atoms with Crippen LogP contribution in [0, 0.1) is 6.92 Å². The van der Waals surface area contributed by atoms with Crippen molar-refractivity contribution in [3.63, 3.8) is 0 Å². The van der Waals surface area contributed by atoms with E-state index >= 15 is 0 Å². The Morgan fingerprint density at radius 3 is 3.00 bits per heavy atom. The lowest BCUT2D eigenvalue weighted by atomic mass is 10.2. The molecule has 18 heavy (non-hydrogen) atoms. The molecule has 6 nitrogen and oxygen atoms in total. The molecule has 2 aromatic rings. The average molecular weight is 245 g/mol. The fourth-order valence-electron chi connectivity index (χ4n) is 1.67. The van der Waals surface area contributed by atoms with Crippen LogP contribution in [0.4, 0.5) is 11.5 Å². The number of aryl methyl sites for hydroxylation is 2. The van der Waals surface area contributed by atoms with Crippen molar-refractivity contribution in [3.05, 3.63) is 35.8 Å². The largest absolute Gasteiger partial charge is 0.396 e. The first-order chi connectivity index (χ1) is 8.63. The van der Waals surface area contributed by atoms with Crippen LogP contribution in [0.3, 0.4) is 0 Å². The van der Waals surface area contributed by atoms with Gasteiger partial charge in [-0.15, -0.1) is 0 Å². The monoisotopic (exact) mass is 245 g/mol. The molecule has 1 amide bonds. The van der Waals surface area contributed by atoms with E-state index in [1.54, 1.807) is 10.9 Å². The molecule has 2 aromatic heterocycles. The molecular formula is C12H15N5O. The van der Waals surface area contributed by atoms with Gasteiger partial charge in [-0.1, -0.05) is 6.07 Å². The van der Waals surface area contributed by atoms with Crippen molar-refractivity contribution in [1.82, 2.24) is 14.8 Å². The van der Waals surface area contributed by atoms with Gasteiger partial charge in [-0.3, -0.25) is 9.48 Å². The number of carbonyl (C=O) groups excluding carboxylic acids is 1. The zero-order valence-corrected chi connectivity index (χ0v) is 10.3. The number of hydrogen-bond donors (Lipinski definition) is 2. The number of nitrogens with zero attached hydrogens (tertiary/aromatic N) is 3. The second-order valence-electron chi connectivity index (χ2n) is 3.89. The number of amides is 1. The van der Waals surface area contributed by atoms with E-state index in [0.717, 1.165) is 5.56 Å². The van der Waals surface area contributed by atoms with Crippen molar-refractivity contribution < 1.29 is 4.79 Å². The SMILES string of the molecule is CCn1ncc(N)c1C(=O)Nc1ncccc1C. The summed E-state index contributed by atoms with van der Waals surface area (Å²) in [6.45, 7) is 4.36. The minimum Gasteiger partial charge on any atom is -0.396 e. The molecule has 2 rings (SSSR count). The lowest BCUT2D eigenvalue weighted by Crippen LogP contribution is -2.19. The molecular weight excluding hydrogens is 230 g/mol. The molecule has 0 aliphatic carbocycles. The standard InChI is InChI=1S/C12H15N5O/c1-3-17-10(9(13)7-15-17)12(18)16-11-8(2)5-4-6-14-11/h4-7H,3,13H2,1-2H3,(H,14,16,18). The average Bonchev–Trinajstić information content (AvgIpc) is 2.73. The van der Waals surface area contributed by atoms with Crippen molar-refractivity contribution in [2.75, 3.05) is 11.1 Å². The van der Waals surface area contributed by atoms with Crippen LogP contribution in [0.2, 0.25) is 0 Å². The van der Waals surface area contributed by atoms with E-state index in [9.17, 15) is 4.79 Å². The zero-order chi connectivity index (χ0) is 13.1. The van der Waals surface area contributed by atoms with Gasteiger partial charge in [0.15, 0.2) is 0 Å². The summed E-state index contributed by atoms with van der Waals surface area (Å²) in [5.41, 5.74) is 7.37. The van der Waals surface area contributed by atoms with E-state index in [-0.39, 0.29) is 5.91 Å². The summed E-state index contributed by atoms with van der Waals surface area (Å²) in [6, 6.07) is 3.69. The Labute approximate surface area is 105 Å². The molecule has 0 spiro atoms. The van der Waals surface area contributed by atoms with Crippen LogP contribution < -0.4 is 11.1 Å². The summed E-state index contributed by atoms with van der Waals surface area (Å²) in [5.74, 6) is 0.236. The third-order valence-corrected chi connectivity index (χ3v) is 2.62. The maximum absolute atomic E-state index is 12.1. The molecule has 2 heterocycles. The Hall–Kier alpha value is -2.37. The van der Waals surface area contributed by atoms with Gasteiger partial charge in [0.05, 0.1) is 11.9 Å². The topological polar surface area (TPSA) is 85.8 Å². The molecule has 0 aliphatic rings. The van der Waals surface area contributed by atoms with Crippen molar-refractivity contribution >= 4 is 17.4 Å². The Kier molecular flexibility index (Phi) is 3.27. The highest BCUT2D eigenvalue weighted by atomic mass is 16.2. The lowest BCUT2D eigenvalue weighted by molar-refractivity contribution is 0.101. The van der Waals surface area contributed by atoms with Gasteiger partial charge in [0, 0.05) is 12.7 Å². The highest BCUT2D eigenvalue weighted by molar-refractivity contribution is 6.06. The molecule has 0 aliphatic heterocycles. The number of pyridine rings is 1. The molecule has 0 bridgehead atoms. The number of aromatic nitrogens is 3. The minimum absolute atomic E-state index is 0.298. The molecule has 6 heteroatoms. The highest BCUT2D eigenvalue weighted by Gasteiger charge is 2.17. The summed E-state index contributed by atoms with van der Waals surface area (Å²) in [4.78, 5) is 16.2. The lowest BCUT2D eigenvalue weighted by Gasteiger charge is -2.08. The van der Waals surface area contributed by atoms with Crippen LogP contribution in [0.5, 0.6) is 0 Å². The molecule has 0 aromatic carbocycles. The first-order valence-electron chi connectivity index (χ1n) is 5.67. The maximum Gasteiger partial charge on any atom is 0.277 e. The summed E-state index contributed by atoms with van der Waals surface area (Å²) < 4.78 is 1.56. The number of nitrogens with one attached hydrogen (secondary N) is 1. The van der Waals surface area contributed by atoms with E-state index in [1.165, 1.54) is 6.20 Å². The Balaban J connectivity index is 2.28. The number of nitrogens with two attached hydrogens (primary N) is 1. The van der Waals surface area contributed by atoms with Crippen LogP contribution in [0.15, 0.2) is 24.5 Å². The van der Waals surface area contributed by atoms with Gasteiger partial charge < -0.3 is 11.1 Å². The summed E-state index contributed by atoms with van der Waals surface area (Å²) in [7, 11) is 0. The molecule has 0 unspecified atom stereocenters. The summed E-state index contributed by atoms with van der Waals surface area (Å²) in [6.07, 6.45) is 3.10. The van der Waals surface area contributed by atoms with E-state index in [2.05, 4.69) is 15.4 Å². The maximum atomic E-state index is 12.1. The molecule has 0 fully saturated rings. The van der Waals surface area contributed by atoms with Gasteiger partial charge in [0.25, 0.3) is 5.91 Å². The molecule has 0 saturated heterocycles. The predicted octanol–water partition coefficient (Wildman–Crippen LogP) is 1.44. The van der Waals surface area contributed by atoms with Crippen LogP contribution in [0.1, 0.15) is 23.0 Å². The van der Waals surface area contributed by atoms with E-state index in [4.69, 9.17) is 5.73 Å². The highest BCUT2D eigenvalue weighted by Crippen LogP contribution is 2.15. The van der Waals surface area contributed by atoms with Gasteiger partial charge in [-0.25, -0.2) is 4.98 Å². The normalized spacial score (nSPS) is 10.3. The van der Waals surface area contributed by atoms with E-state index < -0.39 is 0 Å². The number of anilines is 2. The number of carbonyl (C=O) groups is 1. The zero-order valence-electron chi connectivity index (χ0n) is 10.3. The van der Waals surface area contributed by atoms with Gasteiger partial charge in [-0.2, -0.15) is 5.10 Å². The van der Waals surface area contributed by atoms with Crippen LogP contribution in [-0.2, 0) is 6.54 Å². The van der Waals surface area contributed by atoms with Gasteiger partial charge in [-0.05, 0) is 25.5 Å². The number of hydrogen-bond acceptors (Lipinski definition) is 4. The molecule has 0 atom stereocenters. The smallest absolute Gasteiger partial charge is 0.277 e. The Morgan fingerprint density at radius 2 is 2.33 bits per heavy atom. The first kappa shape index (κ1) is 12.1. The summed E-state index contributed by atoms with van der Waals surface area (Å²) >= 11 is 0. The van der Waals surface area contributed by atoms with Crippen LogP contribution in [0.25, 0.3) is 0 Å². The third-order valence-electron chi connectivity index (χ3n) is 2.62. The number of nitrogen functional groups attached to an aromatic ring is 1. The number of rotatable bonds is 3. The predicted molar refractivity (Wildman–Crippen MR) is 69.2 cm³/mol. The van der Waals surface area contributed by atoms with E-state index in [1.807, 2.05) is 26.0 Å². The second-order valence-corrected chi connectivity index (χ2v) is 3.89. The molecule has 94 valence electrons. The Morgan fingerprint density at radius 1 is 1.56 bits per heavy atom. The van der Waals surface area contributed by atoms with Gasteiger partial charge in [0.2, 0.25) is 0 Å². The summed E-state index contributed by atoms with van der Waals surface area (Å²) in [5, 5.41) is 6.77. The Bertz CT molecular complexity index is 576. The van der Waals surface area contributed by atoms with E-state index in [0.29, 0.717) is 23.7 Å². The van der Waals surface area contributed by atoms with Crippen molar-refractivity contribution in [3.8, 4) is 0 Å². The molecule has 0 radical (unpaired) electrons.